The van der Waals surface area contributed by atoms with E-state index in [0.29, 0.717) is 5.88 Å². The molecule has 0 radical (unpaired) electrons. The van der Waals surface area contributed by atoms with E-state index in [2.05, 4.69) is 45.5 Å². The lowest BCUT2D eigenvalue weighted by molar-refractivity contribution is 0.719. The minimum atomic E-state index is 0.681. The molecule has 0 saturated carbocycles. The highest BCUT2D eigenvalue weighted by atomic mass is 79.9. The van der Waals surface area contributed by atoms with Crippen LogP contribution in [0, 0.1) is 0 Å². The molecule has 0 aliphatic carbocycles. The highest BCUT2D eigenvalue weighted by Gasteiger charge is 1.92. The molecule has 1 N–H and O–H groups in total. The Morgan fingerprint density at radius 3 is 2.46 bits per heavy atom. The molecule has 0 atom stereocenters. The molecule has 0 aromatic heterocycles. The summed E-state index contributed by atoms with van der Waals surface area (Å²) in [5.74, 6) is 0.681. The molecule has 1 aromatic rings. The predicted molar refractivity (Wildman–Crippen MR) is 61.4 cm³/mol. The molecule has 72 valence electrons. The standard InChI is InChI=1S/C10H13BrClN/c11-10-3-1-9(2-4-10)5-7-13-8-6-12/h1-4,13H,5-8H2. The molecule has 0 fully saturated rings. The molecule has 0 aliphatic rings. The Morgan fingerprint density at radius 1 is 1.15 bits per heavy atom. The second-order valence-corrected chi connectivity index (χ2v) is 4.11. The molecule has 0 unspecified atom stereocenters. The van der Waals surface area contributed by atoms with Gasteiger partial charge in [-0.05, 0) is 30.7 Å². The quantitative estimate of drug-likeness (QED) is 0.636. The van der Waals surface area contributed by atoms with Crippen LogP contribution in [0.25, 0.3) is 0 Å². The number of hydrogen-bond acceptors (Lipinski definition) is 1. The minimum Gasteiger partial charge on any atom is -0.315 e. The van der Waals surface area contributed by atoms with E-state index >= 15 is 0 Å². The normalized spacial score (nSPS) is 10.3. The number of rotatable bonds is 5. The third-order valence-electron chi connectivity index (χ3n) is 1.77. The molecule has 1 aromatic carbocycles. The molecule has 13 heavy (non-hydrogen) atoms. The van der Waals surface area contributed by atoms with Crippen LogP contribution in [0.15, 0.2) is 28.7 Å². The van der Waals surface area contributed by atoms with Gasteiger partial charge in [0.15, 0.2) is 0 Å². The number of nitrogens with one attached hydrogen (secondary N) is 1. The van der Waals surface area contributed by atoms with Crippen molar-refractivity contribution in [2.45, 2.75) is 6.42 Å². The van der Waals surface area contributed by atoms with Gasteiger partial charge in [-0.1, -0.05) is 28.1 Å². The van der Waals surface area contributed by atoms with Crippen LogP contribution in [-0.2, 0) is 6.42 Å². The van der Waals surface area contributed by atoms with Gasteiger partial charge in [-0.3, -0.25) is 0 Å². The summed E-state index contributed by atoms with van der Waals surface area (Å²) in [6, 6.07) is 8.40. The van der Waals surface area contributed by atoms with E-state index in [1.54, 1.807) is 0 Å². The summed E-state index contributed by atoms with van der Waals surface area (Å²) in [7, 11) is 0. The third kappa shape index (κ3) is 4.65. The number of hydrogen-bond donors (Lipinski definition) is 1. The monoisotopic (exact) mass is 261 g/mol. The summed E-state index contributed by atoms with van der Waals surface area (Å²) in [6.07, 6.45) is 1.06. The second kappa shape index (κ2) is 6.41. The smallest absolute Gasteiger partial charge is 0.0348 e. The van der Waals surface area contributed by atoms with Crippen LogP contribution in [-0.4, -0.2) is 19.0 Å². The summed E-state index contributed by atoms with van der Waals surface area (Å²) >= 11 is 8.94. The van der Waals surface area contributed by atoms with E-state index in [4.69, 9.17) is 11.6 Å². The van der Waals surface area contributed by atoms with Crippen LogP contribution in [0.5, 0.6) is 0 Å². The van der Waals surface area contributed by atoms with Gasteiger partial charge >= 0.3 is 0 Å². The first kappa shape index (κ1) is 11.0. The number of benzene rings is 1. The van der Waals surface area contributed by atoms with Crippen LogP contribution >= 0.6 is 27.5 Å². The summed E-state index contributed by atoms with van der Waals surface area (Å²) in [5.41, 5.74) is 1.35. The Hall–Kier alpha value is -0.0500. The zero-order chi connectivity index (χ0) is 9.52. The molecule has 1 rings (SSSR count). The van der Waals surface area contributed by atoms with E-state index in [1.165, 1.54) is 5.56 Å². The number of halogens is 2. The van der Waals surface area contributed by atoms with Gasteiger partial charge in [-0.15, -0.1) is 11.6 Å². The molecule has 0 bridgehead atoms. The van der Waals surface area contributed by atoms with Crippen molar-refractivity contribution in [2.75, 3.05) is 19.0 Å². The van der Waals surface area contributed by atoms with Gasteiger partial charge in [0.05, 0.1) is 0 Å². The lowest BCUT2D eigenvalue weighted by atomic mass is 10.1. The Kier molecular flexibility index (Phi) is 5.44. The summed E-state index contributed by atoms with van der Waals surface area (Å²) < 4.78 is 1.13. The molecule has 3 heteroatoms. The largest absolute Gasteiger partial charge is 0.315 e. The lowest BCUT2D eigenvalue weighted by Gasteiger charge is -2.02. The van der Waals surface area contributed by atoms with E-state index in [-0.39, 0.29) is 0 Å². The topological polar surface area (TPSA) is 12.0 Å². The molecule has 0 amide bonds. The van der Waals surface area contributed by atoms with Crippen LogP contribution in [0.1, 0.15) is 5.56 Å². The highest BCUT2D eigenvalue weighted by molar-refractivity contribution is 9.10. The van der Waals surface area contributed by atoms with Gasteiger partial charge in [0.25, 0.3) is 0 Å². The Bertz CT molecular complexity index is 235. The third-order valence-corrected chi connectivity index (χ3v) is 2.49. The molecule has 0 saturated heterocycles. The second-order valence-electron chi connectivity index (χ2n) is 2.82. The van der Waals surface area contributed by atoms with Crippen LogP contribution in [0.4, 0.5) is 0 Å². The molecule has 0 spiro atoms. The summed E-state index contributed by atoms with van der Waals surface area (Å²) in [6.45, 7) is 1.88. The fraction of sp³-hybridized carbons (Fsp3) is 0.400. The van der Waals surface area contributed by atoms with Gasteiger partial charge in [0, 0.05) is 16.9 Å². The Morgan fingerprint density at radius 2 is 1.85 bits per heavy atom. The molecular weight excluding hydrogens is 249 g/mol. The van der Waals surface area contributed by atoms with Crippen molar-refractivity contribution >= 4 is 27.5 Å². The zero-order valence-corrected chi connectivity index (χ0v) is 9.74. The van der Waals surface area contributed by atoms with Crippen molar-refractivity contribution in [1.82, 2.24) is 5.32 Å². The van der Waals surface area contributed by atoms with Crippen molar-refractivity contribution in [1.29, 1.82) is 0 Å². The SMILES string of the molecule is ClCCNCCc1ccc(Br)cc1. The maximum absolute atomic E-state index is 5.54. The first-order valence-corrected chi connectivity index (χ1v) is 5.67. The van der Waals surface area contributed by atoms with Crippen molar-refractivity contribution < 1.29 is 0 Å². The number of alkyl halides is 1. The summed E-state index contributed by atoms with van der Waals surface area (Å²) in [5, 5.41) is 3.25. The van der Waals surface area contributed by atoms with Crippen molar-refractivity contribution in [3.63, 3.8) is 0 Å². The fourth-order valence-electron chi connectivity index (χ4n) is 1.08. The first-order chi connectivity index (χ1) is 6.33. The van der Waals surface area contributed by atoms with E-state index in [1.807, 2.05) is 0 Å². The average Bonchev–Trinajstić information content (AvgIpc) is 2.15. The van der Waals surface area contributed by atoms with E-state index in [0.717, 1.165) is 24.0 Å². The maximum atomic E-state index is 5.54. The molecule has 0 heterocycles. The lowest BCUT2D eigenvalue weighted by Crippen LogP contribution is -2.19. The highest BCUT2D eigenvalue weighted by Crippen LogP contribution is 2.10. The molecule has 0 aliphatic heterocycles. The van der Waals surface area contributed by atoms with Gasteiger partial charge in [-0.2, -0.15) is 0 Å². The average molecular weight is 263 g/mol. The van der Waals surface area contributed by atoms with E-state index < -0.39 is 0 Å². The fourth-order valence-corrected chi connectivity index (χ4v) is 1.47. The van der Waals surface area contributed by atoms with Crippen molar-refractivity contribution in [3.8, 4) is 0 Å². The first-order valence-electron chi connectivity index (χ1n) is 4.34. The summed E-state index contributed by atoms with van der Waals surface area (Å²) in [4.78, 5) is 0. The van der Waals surface area contributed by atoms with Crippen LogP contribution < -0.4 is 5.32 Å². The van der Waals surface area contributed by atoms with Crippen molar-refractivity contribution in [3.05, 3.63) is 34.3 Å². The van der Waals surface area contributed by atoms with E-state index in [9.17, 15) is 0 Å². The minimum absolute atomic E-state index is 0.681. The van der Waals surface area contributed by atoms with Crippen LogP contribution in [0.2, 0.25) is 0 Å². The Balaban J connectivity index is 2.25. The molecule has 1 nitrogen and oxygen atoms in total. The zero-order valence-electron chi connectivity index (χ0n) is 7.39. The van der Waals surface area contributed by atoms with Gasteiger partial charge in [0.1, 0.15) is 0 Å². The van der Waals surface area contributed by atoms with Gasteiger partial charge in [-0.25, -0.2) is 0 Å². The Labute approximate surface area is 92.6 Å². The predicted octanol–water partition coefficient (Wildman–Crippen LogP) is 2.82. The maximum Gasteiger partial charge on any atom is 0.0348 e. The van der Waals surface area contributed by atoms with Gasteiger partial charge in [0.2, 0.25) is 0 Å². The molecular formula is C10H13BrClN. The van der Waals surface area contributed by atoms with Gasteiger partial charge < -0.3 is 5.32 Å². The van der Waals surface area contributed by atoms with Crippen molar-refractivity contribution in [2.24, 2.45) is 0 Å². The van der Waals surface area contributed by atoms with Crippen LogP contribution in [0.3, 0.4) is 0 Å².